The minimum absolute atomic E-state index is 0.374. The molecule has 5 heteroatoms. The number of rotatable bonds is 1. The zero-order valence-corrected chi connectivity index (χ0v) is 12.4. The molecule has 0 aliphatic carbocycles. The predicted molar refractivity (Wildman–Crippen MR) is 84.9 cm³/mol. The van der Waals surface area contributed by atoms with E-state index in [9.17, 15) is 8.42 Å². The van der Waals surface area contributed by atoms with Crippen LogP contribution in [0.3, 0.4) is 0 Å². The van der Waals surface area contributed by atoms with Crippen molar-refractivity contribution in [2.45, 2.75) is 6.04 Å². The van der Waals surface area contributed by atoms with Crippen LogP contribution in [0.25, 0.3) is 10.8 Å². The van der Waals surface area contributed by atoms with Gasteiger partial charge in [0.05, 0.1) is 6.04 Å². The number of benzene rings is 3. The van der Waals surface area contributed by atoms with Crippen LogP contribution in [-0.4, -0.2) is 8.42 Å². The molecule has 0 unspecified atom stereocenters. The minimum atomic E-state index is -3.80. The van der Waals surface area contributed by atoms with Crippen molar-refractivity contribution in [3.8, 4) is 5.75 Å². The van der Waals surface area contributed by atoms with E-state index in [4.69, 9.17) is 4.18 Å². The van der Waals surface area contributed by atoms with E-state index in [-0.39, 0.29) is 0 Å². The fraction of sp³-hybridized carbons (Fsp3) is 0.0588. The third kappa shape index (κ3) is 2.24. The van der Waals surface area contributed by atoms with Crippen LogP contribution < -0.4 is 8.91 Å². The van der Waals surface area contributed by atoms with Crippen LogP contribution in [0.15, 0.2) is 66.7 Å². The van der Waals surface area contributed by atoms with Crippen molar-refractivity contribution in [3.05, 3.63) is 77.9 Å². The van der Waals surface area contributed by atoms with Gasteiger partial charge < -0.3 is 4.18 Å². The summed E-state index contributed by atoms with van der Waals surface area (Å²) in [5.41, 5.74) is 1.70. The van der Waals surface area contributed by atoms with E-state index in [0.717, 1.165) is 21.9 Å². The summed E-state index contributed by atoms with van der Waals surface area (Å²) in [6.07, 6.45) is 0. The van der Waals surface area contributed by atoms with Crippen molar-refractivity contribution in [2.24, 2.45) is 0 Å². The largest absolute Gasteiger partial charge is 0.383 e. The highest BCUT2D eigenvalue weighted by Gasteiger charge is 2.31. The van der Waals surface area contributed by atoms with E-state index >= 15 is 0 Å². The predicted octanol–water partition coefficient (Wildman–Crippen LogP) is 3.16. The number of para-hydroxylation sites is 1. The van der Waals surface area contributed by atoms with E-state index in [2.05, 4.69) is 4.72 Å². The van der Waals surface area contributed by atoms with Crippen molar-refractivity contribution >= 4 is 21.1 Å². The van der Waals surface area contributed by atoms with E-state index in [1.54, 1.807) is 12.1 Å². The van der Waals surface area contributed by atoms with Crippen molar-refractivity contribution in [2.75, 3.05) is 0 Å². The molecule has 3 aromatic rings. The Labute approximate surface area is 128 Å². The maximum atomic E-state index is 11.9. The molecule has 0 spiro atoms. The van der Waals surface area contributed by atoms with Crippen LogP contribution in [-0.2, 0) is 10.3 Å². The van der Waals surface area contributed by atoms with Crippen LogP contribution in [0.5, 0.6) is 5.75 Å². The summed E-state index contributed by atoms with van der Waals surface area (Å²) in [6, 6.07) is 20.7. The topological polar surface area (TPSA) is 55.4 Å². The van der Waals surface area contributed by atoms with Crippen molar-refractivity contribution in [3.63, 3.8) is 0 Å². The highest BCUT2D eigenvalue weighted by atomic mass is 32.2. The summed E-state index contributed by atoms with van der Waals surface area (Å²) in [7, 11) is -3.80. The van der Waals surface area contributed by atoms with Gasteiger partial charge in [0.15, 0.2) is 0 Å². The van der Waals surface area contributed by atoms with Gasteiger partial charge in [0.1, 0.15) is 5.75 Å². The van der Waals surface area contributed by atoms with Crippen molar-refractivity contribution in [1.82, 2.24) is 4.72 Å². The number of hydrogen-bond acceptors (Lipinski definition) is 3. The van der Waals surface area contributed by atoms with Gasteiger partial charge in [0.2, 0.25) is 0 Å². The normalized spacial score (nSPS) is 19.4. The Bertz CT molecular complexity index is 966. The maximum absolute atomic E-state index is 11.9. The minimum Gasteiger partial charge on any atom is -0.371 e. The van der Waals surface area contributed by atoms with E-state index in [1.165, 1.54) is 0 Å². The van der Waals surface area contributed by atoms with Crippen LogP contribution in [0, 0.1) is 0 Å². The van der Waals surface area contributed by atoms with Gasteiger partial charge in [-0.1, -0.05) is 54.6 Å². The third-order valence-electron chi connectivity index (χ3n) is 3.80. The molecular formula is C17H13NO3S. The lowest BCUT2D eigenvalue weighted by molar-refractivity contribution is 0.442. The van der Waals surface area contributed by atoms with Crippen molar-refractivity contribution in [1.29, 1.82) is 0 Å². The molecule has 1 aliphatic rings. The molecule has 110 valence electrons. The Morgan fingerprint density at radius 1 is 0.864 bits per heavy atom. The van der Waals surface area contributed by atoms with Crippen LogP contribution in [0.1, 0.15) is 17.2 Å². The lowest BCUT2D eigenvalue weighted by atomic mass is 9.96. The summed E-state index contributed by atoms with van der Waals surface area (Å²) in [6.45, 7) is 0. The summed E-state index contributed by atoms with van der Waals surface area (Å²) < 4.78 is 31.5. The average Bonchev–Trinajstić information content (AvgIpc) is 2.53. The summed E-state index contributed by atoms with van der Waals surface area (Å²) >= 11 is 0. The molecule has 0 amide bonds. The third-order valence-corrected chi connectivity index (χ3v) is 4.72. The fourth-order valence-electron chi connectivity index (χ4n) is 2.78. The Morgan fingerprint density at radius 3 is 2.45 bits per heavy atom. The molecule has 4 nitrogen and oxygen atoms in total. The summed E-state index contributed by atoms with van der Waals surface area (Å²) in [5.74, 6) is 0.374. The summed E-state index contributed by atoms with van der Waals surface area (Å²) in [4.78, 5) is 0. The zero-order valence-electron chi connectivity index (χ0n) is 11.6. The molecule has 0 radical (unpaired) electrons. The molecule has 1 N–H and O–H groups in total. The lowest BCUT2D eigenvalue weighted by Crippen LogP contribution is -2.37. The van der Waals surface area contributed by atoms with Crippen LogP contribution >= 0.6 is 0 Å². The Balaban J connectivity index is 1.90. The fourth-order valence-corrected chi connectivity index (χ4v) is 3.77. The second-order valence-electron chi connectivity index (χ2n) is 5.23. The maximum Gasteiger partial charge on any atom is 0.383 e. The zero-order chi connectivity index (χ0) is 15.2. The molecule has 1 atom stereocenters. The quantitative estimate of drug-likeness (QED) is 0.751. The number of nitrogens with one attached hydrogen (secondary N) is 1. The molecule has 22 heavy (non-hydrogen) atoms. The molecule has 4 rings (SSSR count). The molecule has 0 bridgehead atoms. The first-order valence-electron chi connectivity index (χ1n) is 6.92. The Morgan fingerprint density at radius 2 is 1.59 bits per heavy atom. The van der Waals surface area contributed by atoms with E-state index in [0.29, 0.717) is 5.75 Å². The van der Waals surface area contributed by atoms with Gasteiger partial charge in [-0.05, 0) is 28.5 Å². The monoisotopic (exact) mass is 311 g/mol. The van der Waals surface area contributed by atoms with Gasteiger partial charge in [-0.3, -0.25) is 0 Å². The van der Waals surface area contributed by atoms with E-state index in [1.807, 2.05) is 54.6 Å². The second kappa shape index (κ2) is 4.83. The van der Waals surface area contributed by atoms with Gasteiger partial charge in [-0.25, -0.2) is 0 Å². The SMILES string of the molecule is O=S1(=O)N[C@H](c2ccc3ccccc3c2)c2ccccc2O1. The van der Waals surface area contributed by atoms with Gasteiger partial charge in [0.25, 0.3) is 0 Å². The van der Waals surface area contributed by atoms with Crippen molar-refractivity contribution < 1.29 is 12.6 Å². The number of fused-ring (bicyclic) bond motifs is 2. The first-order chi connectivity index (χ1) is 10.6. The molecule has 1 aliphatic heterocycles. The molecule has 0 saturated carbocycles. The Hall–Kier alpha value is -2.37. The van der Waals surface area contributed by atoms with Gasteiger partial charge in [-0.2, -0.15) is 13.1 Å². The van der Waals surface area contributed by atoms with Gasteiger partial charge >= 0.3 is 10.3 Å². The first-order valence-corrected chi connectivity index (χ1v) is 8.33. The highest BCUT2D eigenvalue weighted by Crippen LogP contribution is 2.35. The molecule has 0 saturated heterocycles. The number of hydrogen-bond donors (Lipinski definition) is 1. The average molecular weight is 311 g/mol. The smallest absolute Gasteiger partial charge is 0.371 e. The molecule has 0 aromatic heterocycles. The van der Waals surface area contributed by atoms with Crippen LogP contribution in [0.2, 0.25) is 0 Å². The molecule has 1 heterocycles. The van der Waals surface area contributed by atoms with E-state index < -0.39 is 16.3 Å². The molecular weight excluding hydrogens is 298 g/mol. The Kier molecular flexibility index (Phi) is 2.92. The summed E-state index contributed by atoms with van der Waals surface area (Å²) in [5, 5.41) is 2.19. The molecule has 0 fully saturated rings. The first kappa shape index (κ1) is 13.3. The van der Waals surface area contributed by atoms with Gasteiger partial charge in [-0.15, -0.1) is 0 Å². The lowest BCUT2D eigenvalue weighted by Gasteiger charge is -2.26. The van der Waals surface area contributed by atoms with Gasteiger partial charge in [0, 0.05) is 5.56 Å². The molecule has 3 aromatic carbocycles. The second-order valence-corrected chi connectivity index (χ2v) is 6.54. The highest BCUT2D eigenvalue weighted by molar-refractivity contribution is 7.85. The standard InChI is InChI=1S/C17H13NO3S/c19-22(20)18-17(15-7-3-4-8-16(15)21-22)14-10-9-12-5-1-2-6-13(12)11-14/h1-11,17-18H/t17-/m1/s1. The van der Waals surface area contributed by atoms with Crippen LogP contribution in [0.4, 0.5) is 0 Å².